The molecule has 0 heterocycles. The predicted molar refractivity (Wildman–Crippen MR) is 57.2 cm³/mol. The van der Waals surface area contributed by atoms with Crippen molar-refractivity contribution in [1.29, 1.82) is 0 Å². The number of sulfonamides is 1. The minimum Gasteiger partial charge on any atom is -0.228 e. The van der Waals surface area contributed by atoms with Crippen molar-refractivity contribution in [3.8, 4) is 0 Å². The lowest BCUT2D eigenvalue weighted by atomic mass is 10.1. The molecule has 4 heteroatoms. The maximum absolute atomic E-state index is 11.3. The summed E-state index contributed by atoms with van der Waals surface area (Å²) in [7, 11) is -3.48. The van der Waals surface area contributed by atoms with Crippen LogP contribution in [0.2, 0.25) is 0 Å². The van der Waals surface area contributed by atoms with E-state index in [1.807, 2.05) is 25.1 Å². The zero-order chi connectivity index (χ0) is 10.6. The van der Waals surface area contributed by atoms with Crippen molar-refractivity contribution < 1.29 is 8.42 Å². The summed E-state index contributed by atoms with van der Waals surface area (Å²) in [5.74, 6) is 0. The van der Waals surface area contributed by atoms with Crippen LogP contribution in [0.25, 0.3) is 0 Å². The average molecular weight is 213 g/mol. The van der Waals surface area contributed by atoms with Crippen LogP contribution in [-0.2, 0) is 10.0 Å². The predicted octanol–water partition coefficient (Wildman–Crippen LogP) is 1.82. The van der Waals surface area contributed by atoms with Gasteiger partial charge < -0.3 is 0 Å². The molecule has 0 spiro atoms. The molecule has 0 amide bonds. The lowest BCUT2D eigenvalue weighted by molar-refractivity contribution is 0.575. The fourth-order valence-corrected chi connectivity index (χ4v) is 2.55. The van der Waals surface area contributed by atoms with Crippen LogP contribution in [0.3, 0.4) is 0 Å². The van der Waals surface area contributed by atoms with E-state index in [2.05, 4.69) is 0 Å². The van der Waals surface area contributed by atoms with E-state index < -0.39 is 15.3 Å². The molecule has 0 fully saturated rings. The SMILES string of the molecule is CCCC(c1ccccc1)S(N)(=O)=O. The second-order valence-corrected chi connectivity index (χ2v) is 5.02. The van der Waals surface area contributed by atoms with Gasteiger partial charge in [0.2, 0.25) is 10.0 Å². The highest BCUT2D eigenvalue weighted by Gasteiger charge is 2.21. The molecular weight excluding hydrogens is 198 g/mol. The molecule has 14 heavy (non-hydrogen) atoms. The molecule has 0 saturated heterocycles. The number of hydrogen-bond donors (Lipinski definition) is 1. The fraction of sp³-hybridized carbons (Fsp3) is 0.400. The van der Waals surface area contributed by atoms with Crippen LogP contribution < -0.4 is 5.14 Å². The van der Waals surface area contributed by atoms with Crippen LogP contribution in [0.4, 0.5) is 0 Å². The van der Waals surface area contributed by atoms with E-state index >= 15 is 0 Å². The van der Waals surface area contributed by atoms with E-state index in [-0.39, 0.29) is 0 Å². The Morgan fingerprint density at radius 1 is 1.29 bits per heavy atom. The normalized spacial score (nSPS) is 13.9. The highest BCUT2D eigenvalue weighted by Crippen LogP contribution is 2.24. The van der Waals surface area contributed by atoms with Gasteiger partial charge in [-0.1, -0.05) is 43.7 Å². The second-order valence-electron chi connectivity index (χ2n) is 3.28. The Balaban J connectivity index is 3.02. The summed E-state index contributed by atoms with van der Waals surface area (Å²) in [6.45, 7) is 1.95. The number of nitrogens with two attached hydrogens (primary N) is 1. The Morgan fingerprint density at radius 2 is 1.86 bits per heavy atom. The molecule has 1 unspecified atom stereocenters. The maximum atomic E-state index is 11.3. The lowest BCUT2D eigenvalue weighted by Crippen LogP contribution is -2.21. The van der Waals surface area contributed by atoms with E-state index in [1.54, 1.807) is 12.1 Å². The number of primary sulfonamides is 1. The highest BCUT2D eigenvalue weighted by molar-refractivity contribution is 7.89. The van der Waals surface area contributed by atoms with E-state index in [1.165, 1.54) is 0 Å². The van der Waals surface area contributed by atoms with Gasteiger partial charge in [-0.2, -0.15) is 0 Å². The number of hydrogen-bond acceptors (Lipinski definition) is 2. The molecular formula is C10H15NO2S. The third kappa shape index (κ3) is 2.82. The van der Waals surface area contributed by atoms with Crippen LogP contribution in [0, 0.1) is 0 Å². The van der Waals surface area contributed by atoms with Crippen LogP contribution in [-0.4, -0.2) is 8.42 Å². The molecule has 1 aromatic rings. The van der Waals surface area contributed by atoms with Crippen molar-refractivity contribution >= 4 is 10.0 Å². The molecule has 1 rings (SSSR count). The summed E-state index contributed by atoms with van der Waals surface area (Å²) < 4.78 is 22.6. The van der Waals surface area contributed by atoms with Gasteiger partial charge in [0.05, 0.1) is 0 Å². The average Bonchev–Trinajstić information content (AvgIpc) is 2.14. The first kappa shape index (κ1) is 11.2. The zero-order valence-electron chi connectivity index (χ0n) is 8.18. The van der Waals surface area contributed by atoms with Gasteiger partial charge in [0.25, 0.3) is 0 Å². The molecule has 0 radical (unpaired) electrons. The van der Waals surface area contributed by atoms with E-state index in [9.17, 15) is 8.42 Å². The van der Waals surface area contributed by atoms with Gasteiger partial charge in [0, 0.05) is 0 Å². The van der Waals surface area contributed by atoms with Gasteiger partial charge in [-0.3, -0.25) is 0 Å². The number of rotatable bonds is 4. The van der Waals surface area contributed by atoms with Gasteiger partial charge in [0.1, 0.15) is 5.25 Å². The molecule has 1 atom stereocenters. The van der Waals surface area contributed by atoms with Gasteiger partial charge >= 0.3 is 0 Å². The molecule has 0 aromatic heterocycles. The van der Waals surface area contributed by atoms with Crippen molar-refractivity contribution in [2.24, 2.45) is 5.14 Å². The smallest absolute Gasteiger partial charge is 0.216 e. The van der Waals surface area contributed by atoms with Crippen molar-refractivity contribution in [3.63, 3.8) is 0 Å². The fourth-order valence-electron chi connectivity index (χ4n) is 1.45. The number of benzene rings is 1. The van der Waals surface area contributed by atoms with Crippen LogP contribution in [0.15, 0.2) is 30.3 Å². The topological polar surface area (TPSA) is 60.2 Å². The quantitative estimate of drug-likeness (QED) is 0.829. The molecule has 0 aliphatic carbocycles. The summed E-state index contributed by atoms with van der Waals surface area (Å²) >= 11 is 0. The first-order chi connectivity index (χ1) is 6.55. The van der Waals surface area contributed by atoms with Crippen molar-refractivity contribution in [2.45, 2.75) is 25.0 Å². The minimum atomic E-state index is -3.48. The summed E-state index contributed by atoms with van der Waals surface area (Å²) in [6, 6.07) is 9.09. The third-order valence-electron chi connectivity index (χ3n) is 2.12. The molecule has 1 aromatic carbocycles. The van der Waals surface area contributed by atoms with Gasteiger partial charge in [-0.05, 0) is 12.0 Å². The van der Waals surface area contributed by atoms with Crippen LogP contribution in [0.1, 0.15) is 30.6 Å². The van der Waals surface area contributed by atoms with Crippen molar-refractivity contribution in [3.05, 3.63) is 35.9 Å². The second kappa shape index (κ2) is 4.57. The third-order valence-corrected chi connectivity index (χ3v) is 3.42. The highest BCUT2D eigenvalue weighted by atomic mass is 32.2. The van der Waals surface area contributed by atoms with Crippen molar-refractivity contribution in [1.82, 2.24) is 0 Å². The van der Waals surface area contributed by atoms with Gasteiger partial charge in [0.15, 0.2) is 0 Å². The largest absolute Gasteiger partial charge is 0.228 e. The lowest BCUT2D eigenvalue weighted by Gasteiger charge is -2.13. The summed E-state index contributed by atoms with van der Waals surface area (Å²) in [4.78, 5) is 0. The van der Waals surface area contributed by atoms with Crippen LogP contribution >= 0.6 is 0 Å². The first-order valence-electron chi connectivity index (χ1n) is 4.62. The molecule has 2 N–H and O–H groups in total. The van der Waals surface area contributed by atoms with Crippen molar-refractivity contribution in [2.75, 3.05) is 0 Å². The Kier molecular flexibility index (Phi) is 3.66. The van der Waals surface area contributed by atoms with Crippen LogP contribution in [0.5, 0.6) is 0 Å². The first-order valence-corrected chi connectivity index (χ1v) is 6.23. The maximum Gasteiger partial charge on any atom is 0.216 e. The Labute approximate surface area is 85.0 Å². The summed E-state index contributed by atoms with van der Waals surface area (Å²) in [5, 5.41) is 4.61. The molecule has 0 saturated carbocycles. The summed E-state index contributed by atoms with van der Waals surface area (Å²) in [6.07, 6.45) is 1.37. The molecule has 0 aliphatic rings. The van der Waals surface area contributed by atoms with E-state index in [4.69, 9.17) is 5.14 Å². The Hall–Kier alpha value is -0.870. The van der Waals surface area contributed by atoms with E-state index in [0.717, 1.165) is 12.0 Å². The van der Waals surface area contributed by atoms with E-state index in [0.29, 0.717) is 6.42 Å². The van der Waals surface area contributed by atoms with Gasteiger partial charge in [-0.15, -0.1) is 0 Å². The molecule has 3 nitrogen and oxygen atoms in total. The zero-order valence-corrected chi connectivity index (χ0v) is 9.00. The Morgan fingerprint density at radius 3 is 2.29 bits per heavy atom. The molecule has 0 bridgehead atoms. The minimum absolute atomic E-state index is 0.561. The molecule has 78 valence electrons. The van der Waals surface area contributed by atoms with Gasteiger partial charge in [-0.25, -0.2) is 13.6 Å². The summed E-state index contributed by atoms with van der Waals surface area (Å²) in [5.41, 5.74) is 0.775. The monoisotopic (exact) mass is 213 g/mol. The molecule has 0 aliphatic heterocycles. The standard InChI is InChI=1S/C10H15NO2S/c1-2-6-10(14(11,12)13)9-7-4-3-5-8-9/h3-5,7-8,10H,2,6H2,1H3,(H2,11,12,13). The Bertz CT molecular complexity index is 372.